The lowest BCUT2D eigenvalue weighted by molar-refractivity contribution is -0.130. The number of thiocarbonyl (C=S) groups is 1. The van der Waals surface area contributed by atoms with Gasteiger partial charge in [0.2, 0.25) is 5.91 Å². The summed E-state index contributed by atoms with van der Waals surface area (Å²) in [5.74, 6) is 0.272. The topological polar surface area (TPSA) is 23.6 Å². The molecule has 0 aromatic rings. The maximum Gasteiger partial charge on any atom is 0.235 e. The molecule has 0 aromatic carbocycles. The van der Waals surface area contributed by atoms with Gasteiger partial charge in [-0.3, -0.25) is 4.79 Å². The molecular formula is C14H24N2OS2. The lowest BCUT2D eigenvalue weighted by atomic mass is 10.2. The Balaban J connectivity index is 1.82. The van der Waals surface area contributed by atoms with Crippen molar-refractivity contribution < 1.29 is 4.79 Å². The smallest absolute Gasteiger partial charge is 0.235 e. The van der Waals surface area contributed by atoms with Crippen LogP contribution in [0.5, 0.6) is 0 Å². The maximum absolute atomic E-state index is 12.4. The fourth-order valence-corrected chi connectivity index (χ4v) is 4.22. The Morgan fingerprint density at radius 2 is 1.42 bits per heavy atom. The molecule has 0 aliphatic carbocycles. The van der Waals surface area contributed by atoms with Gasteiger partial charge in [-0.15, -0.1) is 0 Å². The van der Waals surface area contributed by atoms with Crippen molar-refractivity contribution in [2.24, 2.45) is 0 Å². The van der Waals surface area contributed by atoms with Gasteiger partial charge >= 0.3 is 0 Å². The average molecular weight is 300 g/mol. The van der Waals surface area contributed by atoms with Crippen molar-refractivity contribution in [3.8, 4) is 0 Å². The first-order chi connectivity index (χ1) is 9.18. The molecular weight excluding hydrogens is 276 g/mol. The lowest BCUT2D eigenvalue weighted by Crippen LogP contribution is -2.38. The van der Waals surface area contributed by atoms with Crippen LogP contribution in [0.15, 0.2) is 0 Å². The third-order valence-electron chi connectivity index (χ3n) is 3.91. The maximum atomic E-state index is 12.4. The van der Waals surface area contributed by atoms with Crippen molar-refractivity contribution in [3.05, 3.63) is 0 Å². The Labute approximate surface area is 126 Å². The molecule has 2 saturated heterocycles. The predicted molar refractivity (Wildman–Crippen MR) is 85.5 cm³/mol. The first kappa shape index (κ1) is 15.1. The minimum atomic E-state index is -0.0359. The first-order valence-corrected chi connectivity index (χ1v) is 8.71. The minimum Gasteiger partial charge on any atom is -0.358 e. The van der Waals surface area contributed by atoms with Crippen molar-refractivity contribution >= 4 is 34.2 Å². The highest BCUT2D eigenvalue weighted by Crippen LogP contribution is 2.22. The van der Waals surface area contributed by atoms with E-state index in [0.717, 1.165) is 43.3 Å². The number of amides is 1. The average Bonchev–Trinajstić information content (AvgIpc) is 2.81. The molecule has 0 radical (unpaired) electrons. The number of carbonyl (C=O) groups is 1. The molecule has 0 N–H and O–H groups in total. The van der Waals surface area contributed by atoms with Crippen molar-refractivity contribution in [1.29, 1.82) is 0 Å². The summed E-state index contributed by atoms with van der Waals surface area (Å²) >= 11 is 7.03. The molecule has 2 aliphatic heterocycles. The normalized spacial score (nSPS) is 22.2. The number of thioether (sulfide) groups is 1. The summed E-state index contributed by atoms with van der Waals surface area (Å²) in [7, 11) is 0. The molecule has 2 fully saturated rings. The predicted octanol–water partition coefficient (Wildman–Crippen LogP) is 2.89. The number of hydrogen-bond donors (Lipinski definition) is 0. The number of hydrogen-bond acceptors (Lipinski definition) is 3. The quantitative estimate of drug-likeness (QED) is 0.732. The lowest BCUT2D eigenvalue weighted by Gasteiger charge is -2.25. The molecule has 1 atom stereocenters. The molecule has 0 aromatic heterocycles. The molecule has 0 spiro atoms. The van der Waals surface area contributed by atoms with Crippen molar-refractivity contribution in [1.82, 2.24) is 9.80 Å². The van der Waals surface area contributed by atoms with Crippen LogP contribution < -0.4 is 0 Å². The van der Waals surface area contributed by atoms with Crippen LogP contribution in [-0.2, 0) is 4.79 Å². The van der Waals surface area contributed by atoms with Crippen LogP contribution in [0.3, 0.4) is 0 Å². The first-order valence-electron chi connectivity index (χ1n) is 7.43. The number of rotatable bonds is 2. The Morgan fingerprint density at radius 3 is 2.00 bits per heavy atom. The number of nitrogens with zero attached hydrogens (tertiary/aromatic N) is 2. The summed E-state index contributed by atoms with van der Waals surface area (Å²) in [6.45, 7) is 5.99. The van der Waals surface area contributed by atoms with E-state index < -0.39 is 0 Å². The second-order valence-electron chi connectivity index (χ2n) is 5.46. The molecule has 1 amide bonds. The van der Waals surface area contributed by atoms with E-state index in [1.54, 1.807) is 11.8 Å². The second-order valence-corrected chi connectivity index (χ2v) is 7.43. The van der Waals surface area contributed by atoms with E-state index in [1.165, 1.54) is 25.7 Å². The van der Waals surface area contributed by atoms with Gasteiger partial charge in [0.05, 0.1) is 5.25 Å². The summed E-state index contributed by atoms with van der Waals surface area (Å²) in [4.78, 5) is 16.7. The molecule has 0 unspecified atom stereocenters. The summed E-state index contributed by atoms with van der Waals surface area (Å²) in [6, 6.07) is 0. The van der Waals surface area contributed by atoms with Crippen molar-refractivity contribution in [2.45, 2.75) is 50.7 Å². The molecule has 0 saturated carbocycles. The van der Waals surface area contributed by atoms with Gasteiger partial charge < -0.3 is 9.80 Å². The van der Waals surface area contributed by atoms with Crippen molar-refractivity contribution in [3.63, 3.8) is 0 Å². The molecule has 5 heteroatoms. The largest absolute Gasteiger partial charge is 0.358 e. The van der Waals surface area contributed by atoms with Crippen LogP contribution in [0.4, 0.5) is 0 Å². The van der Waals surface area contributed by atoms with Gasteiger partial charge in [-0.05, 0) is 32.6 Å². The van der Waals surface area contributed by atoms with Gasteiger partial charge in [0.1, 0.15) is 4.32 Å². The Morgan fingerprint density at radius 1 is 0.947 bits per heavy atom. The van der Waals surface area contributed by atoms with E-state index in [4.69, 9.17) is 12.2 Å². The molecule has 19 heavy (non-hydrogen) atoms. The third kappa shape index (κ3) is 4.35. The number of carbonyl (C=O) groups excluding carboxylic acids is 1. The van der Waals surface area contributed by atoms with Gasteiger partial charge in [0.15, 0.2) is 0 Å². The van der Waals surface area contributed by atoms with Gasteiger partial charge in [0, 0.05) is 26.2 Å². The second kappa shape index (κ2) is 7.48. The van der Waals surface area contributed by atoms with E-state index >= 15 is 0 Å². The van der Waals surface area contributed by atoms with E-state index in [2.05, 4.69) is 4.90 Å². The third-order valence-corrected chi connectivity index (χ3v) is 5.47. The molecule has 2 aliphatic rings. The fourth-order valence-electron chi connectivity index (χ4n) is 2.72. The van der Waals surface area contributed by atoms with Crippen LogP contribution in [0.25, 0.3) is 0 Å². The monoisotopic (exact) mass is 300 g/mol. The van der Waals surface area contributed by atoms with Crippen LogP contribution >= 0.6 is 24.0 Å². The SMILES string of the molecule is C[C@@H](SC(=S)N1CCCC1)C(=O)N1CCCCCC1. The summed E-state index contributed by atoms with van der Waals surface area (Å²) < 4.78 is 0.910. The standard InChI is InChI=1S/C14H24N2OS2/c1-12(19-14(18)16-10-6-7-11-16)13(17)15-8-4-2-3-5-9-15/h12H,2-11H2,1H3/t12-/m1/s1. The highest BCUT2D eigenvalue weighted by Gasteiger charge is 2.25. The Kier molecular flexibility index (Phi) is 5.95. The van der Waals surface area contributed by atoms with Crippen molar-refractivity contribution in [2.75, 3.05) is 26.2 Å². The Hall–Kier alpha value is -0.290. The van der Waals surface area contributed by atoms with Crippen LogP contribution in [0.1, 0.15) is 45.4 Å². The zero-order chi connectivity index (χ0) is 13.7. The van der Waals surface area contributed by atoms with Crippen LogP contribution in [-0.4, -0.2) is 51.5 Å². The number of likely N-dealkylation sites (tertiary alicyclic amines) is 2. The molecule has 3 nitrogen and oxygen atoms in total. The highest BCUT2D eigenvalue weighted by molar-refractivity contribution is 8.23. The molecule has 2 heterocycles. The highest BCUT2D eigenvalue weighted by atomic mass is 32.2. The van der Waals surface area contributed by atoms with E-state index in [0.29, 0.717) is 0 Å². The zero-order valence-electron chi connectivity index (χ0n) is 11.8. The van der Waals surface area contributed by atoms with E-state index in [1.807, 2.05) is 11.8 Å². The summed E-state index contributed by atoms with van der Waals surface area (Å²) in [5, 5.41) is -0.0359. The van der Waals surface area contributed by atoms with E-state index in [9.17, 15) is 4.79 Å². The Bertz CT molecular complexity index is 321. The molecule has 0 bridgehead atoms. The van der Waals surface area contributed by atoms with E-state index in [-0.39, 0.29) is 11.2 Å². The molecule has 2 rings (SSSR count). The van der Waals surface area contributed by atoms with Gasteiger partial charge in [-0.2, -0.15) is 0 Å². The summed E-state index contributed by atoms with van der Waals surface area (Å²) in [5.41, 5.74) is 0. The van der Waals surface area contributed by atoms with Gasteiger partial charge in [-0.1, -0.05) is 36.8 Å². The van der Waals surface area contributed by atoms with Gasteiger partial charge in [-0.25, -0.2) is 0 Å². The zero-order valence-corrected chi connectivity index (χ0v) is 13.4. The molecule has 108 valence electrons. The van der Waals surface area contributed by atoms with Crippen LogP contribution in [0.2, 0.25) is 0 Å². The van der Waals surface area contributed by atoms with Gasteiger partial charge in [0.25, 0.3) is 0 Å². The summed E-state index contributed by atoms with van der Waals surface area (Å²) in [6.07, 6.45) is 7.29. The minimum absolute atomic E-state index is 0.0359. The van der Waals surface area contributed by atoms with Crippen LogP contribution in [0, 0.1) is 0 Å². The fraction of sp³-hybridized carbons (Fsp3) is 0.857.